The predicted molar refractivity (Wildman–Crippen MR) is 74.6 cm³/mol. The van der Waals surface area contributed by atoms with Gasteiger partial charge < -0.3 is 18.9 Å². The van der Waals surface area contributed by atoms with Gasteiger partial charge in [0.15, 0.2) is 0 Å². The largest absolute Gasteiger partial charge is 0.377 e. The van der Waals surface area contributed by atoms with Crippen molar-refractivity contribution >= 4 is 0 Å². The first-order valence-corrected chi connectivity index (χ1v) is 6.98. The average molecular weight is 284 g/mol. The lowest BCUT2D eigenvalue weighted by molar-refractivity contribution is 0.0739. The second kappa shape index (κ2) is 8.57. The van der Waals surface area contributed by atoms with Gasteiger partial charge in [0.05, 0.1) is 63.8 Å². The Bertz CT molecular complexity index is 312. The highest BCUT2D eigenvalue weighted by Crippen LogP contribution is 2.08. The zero-order valence-electron chi connectivity index (χ0n) is 12.2. The summed E-state index contributed by atoms with van der Waals surface area (Å²) in [7, 11) is 3.42. The quantitative estimate of drug-likeness (QED) is 0.610. The topological polar surface area (TPSA) is 61.0 Å². The molecule has 2 N–H and O–H groups in total. The minimum atomic E-state index is 0.132. The third-order valence-corrected chi connectivity index (χ3v) is 3.69. The van der Waals surface area contributed by atoms with Gasteiger partial charge in [0.1, 0.15) is 0 Å². The molecule has 2 saturated heterocycles. The highest BCUT2D eigenvalue weighted by Gasteiger charge is 2.27. The molecule has 6 nitrogen and oxygen atoms in total. The predicted octanol–water partition coefficient (Wildman–Crippen LogP) is -1.00. The molecule has 114 valence electrons. The van der Waals surface area contributed by atoms with Crippen molar-refractivity contribution in [1.29, 1.82) is 0 Å². The number of methoxy groups -OCH3 is 2. The Kier molecular flexibility index (Phi) is 6.73. The summed E-state index contributed by atoms with van der Waals surface area (Å²) in [5.41, 5.74) is 0. The van der Waals surface area contributed by atoms with Crippen LogP contribution in [0.3, 0.4) is 0 Å². The van der Waals surface area contributed by atoms with E-state index >= 15 is 0 Å². The van der Waals surface area contributed by atoms with Crippen LogP contribution in [0.25, 0.3) is 0 Å². The number of ether oxygens (including phenoxy) is 4. The molecule has 2 rings (SSSR count). The van der Waals surface area contributed by atoms with Crippen molar-refractivity contribution in [2.45, 2.75) is 24.3 Å². The molecule has 0 amide bonds. The van der Waals surface area contributed by atoms with Gasteiger partial charge in [-0.3, -0.25) is 10.6 Å². The maximum atomic E-state index is 5.35. The van der Waals surface area contributed by atoms with Crippen molar-refractivity contribution in [3.63, 3.8) is 0 Å². The highest BCUT2D eigenvalue weighted by molar-refractivity contribution is 5.04. The molecule has 20 heavy (non-hydrogen) atoms. The highest BCUT2D eigenvalue weighted by atomic mass is 16.5. The van der Waals surface area contributed by atoms with E-state index in [2.05, 4.69) is 22.5 Å². The Morgan fingerprint density at radius 1 is 0.850 bits per heavy atom. The third kappa shape index (κ3) is 4.42. The van der Waals surface area contributed by atoms with Crippen molar-refractivity contribution in [2.75, 3.05) is 53.7 Å². The number of hydrogen-bond acceptors (Lipinski definition) is 6. The van der Waals surface area contributed by atoms with E-state index in [1.807, 2.05) is 0 Å². The fourth-order valence-electron chi connectivity index (χ4n) is 2.40. The summed E-state index contributed by atoms with van der Waals surface area (Å²) in [5, 5.41) is 6.66. The van der Waals surface area contributed by atoms with Gasteiger partial charge >= 0.3 is 0 Å². The smallest absolute Gasteiger partial charge is 0.0979 e. The van der Waals surface area contributed by atoms with E-state index in [1.165, 1.54) is 0 Å². The molecule has 0 spiro atoms. The minimum Gasteiger partial charge on any atom is -0.377 e. The van der Waals surface area contributed by atoms with Crippen molar-refractivity contribution in [3.05, 3.63) is 0 Å². The van der Waals surface area contributed by atoms with Crippen LogP contribution < -0.4 is 10.6 Å². The number of rotatable bonds is 6. The summed E-state index contributed by atoms with van der Waals surface area (Å²) in [6, 6.07) is 0.478. The summed E-state index contributed by atoms with van der Waals surface area (Å²) >= 11 is 0. The van der Waals surface area contributed by atoms with Crippen molar-refractivity contribution in [1.82, 2.24) is 10.6 Å². The summed E-state index contributed by atoms with van der Waals surface area (Å²) < 4.78 is 21.3. The summed E-state index contributed by atoms with van der Waals surface area (Å²) in [5.74, 6) is 6.19. The molecule has 2 heterocycles. The molecule has 0 aliphatic carbocycles. The van der Waals surface area contributed by atoms with Gasteiger partial charge in [-0.15, -0.1) is 0 Å². The summed E-state index contributed by atoms with van der Waals surface area (Å²) in [6.45, 7) is 3.97. The second-order valence-electron chi connectivity index (χ2n) is 4.95. The van der Waals surface area contributed by atoms with Crippen molar-refractivity contribution in [2.24, 2.45) is 0 Å². The van der Waals surface area contributed by atoms with Crippen LogP contribution in [0.5, 0.6) is 0 Å². The van der Waals surface area contributed by atoms with Crippen LogP contribution in [0.15, 0.2) is 0 Å². The normalized spacial score (nSPS) is 33.1. The van der Waals surface area contributed by atoms with Crippen LogP contribution in [0.2, 0.25) is 0 Å². The van der Waals surface area contributed by atoms with Crippen LogP contribution in [-0.4, -0.2) is 78.0 Å². The first-order chi connectivity index (χ1) is 9.85. The maximum absolute atomic E-state index is 5.35. The summed E-state index contributed by atoms with van der Waals surface area (Å²) in [4.78, 5) is 0. The first kappa shape index (κ1) is 15.7. The van der Waals surface area contributed by atoms with Gasteiger partial charge in [-0.1, -0.05) is 11.8 Å². The molecule has 4 atom stereocenters. The molecule has 0 saturated carbocycles. The fraction of sp³-hybridized carbons (Fsp3) is 0.857. The molecule has 6 heteroatoms. The van der Waals surface area contributed by atoms with Gasteiger partial charge in [-0.05, 0) is 0 Å². The Labute approximate surface area is 120 Å². The Morgan fingerprint density at radius 3 is 1.70 bits per heavy atom. The SMILES string of the molecule is CO[C@@H]1COC[C@H]1NCC#CCN[C@@H]1COC[C@H]1OC. The molecule has 0 bridgehead atoms. The first-order valence-electron chi connectivity index (χ1n) is 6.98. The maximum Gasteiger partial charge on any atom is 0.0979 e. The van der Waals surface area contributed by atoms with E-state index in [0.717, 1.165) is 0 Å². The molecule has 2 aliphatic heterocycles. The van der Waals surface area contributed by atoms with E-state index < -0.39 is 0 Å². The van der Waals surface area contributed by atoms with Gasteiger partial charge in [0.25, 0.3) is 0 Å². The standard InChI is InChI=1S/C14H24N2O4/c1-17-13-9-19-7-11(13)15-5-3-4-6-16-12-8-20-10-14(12)18-2/h11-16H,5-10H2,1-2H3/t11-,12-,13-,14-/m1/s1. The van der Waals surface area contributed by atoms with Crippen LogP contribution in [0, 0.1) is 11.8 Å². The summed E-state index contributed by atoms with van der Waals surface area (Å²) in [6.07, 6.45) is 0.265. The lowest BCUT2D eigenvalue weighted by atomic mass is 10.2. The lowest BCUT2D eigenvalue weighted by Crippen LogP contribution is -2.40. The monoisotopic (exact) mass is 284 g/mol. The zero-order chi connectivity index (χ0) is 14.2. The van der Waals surface area contributed by atoms with Crippen LogP contribution in [0.1, 0.15) is 0 Å². The molecule has 2 fully saturated rings. The van der Waals surface area contributed by atoms with E-state index in [1.54, 1.807) is 14.2 Å². The number of nitrogens with one attached hydrogen (secondary N) is 2. The Morgan fingerprint density at radius 2 is 1.30 bits per heavy atom. The lowest BCUT2D eigenvalue weighted by Gasteiger charge is -2.16. The van der Waals surface area contributed by atoms with E-state index in [9.17, 15) is 0 Å². The average Bonchev–Trinajstić information content (AvgIpc) is 3.10. The van der Waals surface area contributed by atoms with Crippen molar-refractivity contribution in [3.8, 4) is 11.8 Å². The zero-order valence-corrected chi connectivity index (χ0v) is 12.2. The fourth-order valence-corrected chi connectivity index (χ4v) is 2.40. The third-order valence-electron chi connectivity index (χ3n) is 3.69. The van der Waals surface area contributed by atoms with Gasteiger partial charge in [0, 0.05) is 14.2 Å². The van der Waals surface area contributed by atoms with Gasteiger partial charge in [0.2, 0.25) is 0 Å². The molecule has 0 radical (unpaired) electrons. The van der Waals surface area contributed by atoms with Crippen molar-refractivity contribution < 1.29 is 18.9 Å². The molecule has 0 aromatic heterocycles. The molecular formula is C14H24N2O4. The van der Waals surface area contributed by atoms with E-state index in [-0.39, 0.29) is 24.3 Å². The Hall–Kier alpha value is -0.680. The molecular weight excluding hydrogens is 260 g/mol. The molecule has 0 unspecified atom stereocenters. The van der Waals surface area contributed by atoms with Gasteiger partial charge in [-0.2, -0.15) is 0 Å². The molecule has 2 aliphatic rings. The van der Waals surface area contributed by atoms with Crippen LogP contribution in [0.4, 0.5) is 0 Å². The second-order valence-corrected chi connectivity index (χ2v) is 4.95. The van der Waals surface area contributed by atoms with E-state index in [4.69, 9.17) is 18.9 Å². The number of hydrogen-bond donors (Lipinski definition) is 2. The molecule has 0 aromatic rings. The van der Waals surface area contributed by atoms with Crippen LogP contribution >= 0.6 is 0 Å². The Balaban J connectivity index is 1.58. The van der Waals surface area contributed by atoms with E-state index in [0.29, 0.717) is 39.5 Å². The minimum absolute atomic E-state index is 0.132. The molecule has 0 aromatic carbocycles. The van der Waals surface area contributed by atoms with Gasteiger partial charge in [-0.25, -0.2) is 0 Å². The van der Waals surface area contributed by atoms with Crippen LogP contribution in [-0.2, 0) is 18.9 Å².